The minimum absolute atomic E-state index is 0.0315. The zero-order valence-electron chi connectivity index (χ0n) is 6.31. The molecule has 0 amide bonds. The van der Waals surface area contributed by atoms with Crippen LogP contribution in [0.5, 0.6) is 0 Å². The van der Waals surface area contributed by atoms with Crippen molar-refractivity contribution in [1.29, 1.82) is 0 Å². The van der Waals surface area contributed by atoms with E-state index in [4.69, 9.17) is 0 Å². The summed E-state index contributed by atoms with van der Waals surface area (Å²) in [7, 11) is 0. The van der Waals surface area contributed by atoms with E-state index in [2.05, 4.69) is 13.5 Å². The highest BCUT2D eigenvalue weighted by Crippen LogP contribution is 2.01. The second-order valence-electron chi connectivity index (χ2n) is 2.16. The third kappa shape index (κ3) is 5.54. The monoisotopic (exact) mass is 138 g/mol. The van der Waals surface area contributed by atoms with Crippen LogP contribution in [0.4, 0.5) is 0 Å². The van der Waals surface area contributed by atoms with Gasteiger partial charge in [-0.3, -0.25) is 4.79 Å². The van der Waals surface area contributed by atoms with Gasteiger partial charge in [-0.25, -0.2) is 0 Å². The zero-order chi connectivity index (χ0) is 7.82. The normalized spacial score (nSPS) is 9.30. The van der Waals surface area contributed by atoms with Crippen molar-refractivity contribution in [2.45, 2.75) is 25.7 Å². The van der Waals surface area contributed by atoms with E-state index in [0.29, 0.717) is 0 Å². The van der Waals surface area contributed by atoms with Crippen molar-refractivity contribution < 1.29 is 4.79 Å². The van der Waals surface area contributed by atoms with Gasteiger partial charge in [-0.1, -0.05) is 32.8 Å². The summed E-state index contributed by atoms with van der Waals surface area (Å²) >= 11 is 0. The molecule has 0 aromatic carbocycles. The molecule has 0 atom stereocenters. The summed E-state index contributed by atoms with van der Waals surface area (Å²) < 4.78 is 0. The van der Waals surface area contributed by atoms with Crippen molar-refractivity contribution in [3.05, 3.63) is 26.0 Å². The highest BCUT2D eigenvalue weighted by Gasteiger charge is 1.94. The number of rotatable bonds is 6. The van der Waals surface area contributed by atoms with Crippen LogP contribution in [0.3, 0.4) is 0 Å². The van der Waals surface area contributed by atoms with Gasteiger partial charge in [0, 0.05) is 6.42 Å². The van der Waals surface area contributed by atoms with Gasteiger partial charge in [-0.2, -0.15) is 0 Å². The third-order valence-electron chi connectivity index (χ3n) is 1.25. The number of carbonyl (C=O) groups excluding carboxylic acids is 1. The largest absolute Gasteiger partial charge is 0.295 e. The Labute approximate surface area is 63.1 Å². The Morgan fingerprint density at radius 3 is 2.60 bits per heavy atom. The molecule has 1 nitrogen and oxygen atoms in total. The van der Waals surface area contributed by atoms with Crippen LogP contribution in [0.1, 0.15) is 25.7 Å². The van der Waals surface area contributed by atoms with E-state index in [-0.39, 0.29) is 5.78 Å². The van der Waals surface area contributed by atoms with Gasteiger partial charge < -0.3 is 0 Å². The molecule has 0 aliphatic rings. The second kappa shape index (κ2) is 6.53. The molecule has 10 heavy (non-hydrogen) atoms. The van der Waals surface area contributed by atoms with Crippen molar-refractivity contribution >= 4 is 5.78 Å². The highest BCUT2D eigenvalue weighted by atomic mass is 16.1. The number of carbonyl (C=O) groups is 1. The quantitative estimate of drug-likeness (QED) is 0.406. The SMILES string of the molecule is [CH2]CCCC[CH]C(=O)C=C. The first-order valence-corrected chi connectivity index (χ1v) is 3.60. The Morgan fingerprint density at radius 1 is 1.40 bits per heavy atom. The predicted molar refractivity (Wildman–Crippen MR) is 43.3 cm³/mol. The fourth-order valence-electron chi connectivity index (χ4n) is 0.649. The predicted octanol–water partition coefficient (Wildman–Crippen LogP) is 2.34. The number of ketones is 1. The molecule has 0 N–H and O–H groups in total. The molecule has 56 valence electrons. The van der Waals surface area contributed by atoms with Crippen LogP contribution in [0.25, 0.3) is 0 Å². The van der Waals surface area contributed by atoms with E-state index in [1.165, 1.54) is 6.08 Å². The molecule has 0 bridgehead atoms. The van der Waals surface area contributed by atoms with Crippen molar-refractivity contribution in [2.24, 2.45) is 0 Å². The van der Waals surface area contributed by atoms with E-state index in [0.717, 1.165) is 25.7 Å². The fourth-order valence-corrected chi connectivity index (χ4v) is 0.649. The van der Waals surface area contributed by atoms with Crippen LogP contribution in [-0.4, -0.2) is 5.78 Å². The van der Waals surface area contributed by atoms with E-state index >= 15 is 0 Å². The average Bonchev–Trinajstić information content (AvgIpc) is 1.98. The third-order valence-corrected chi connectivity index (χ3v) is 1.25. The Kier molecular flexibility index (Phi) is 6.14. The van der Waals surface area contributed by atoms with Crippen molar-refractivity contribution in [3.8, 4) is 0 Å². The van der Waals surface area contributed by atoms with Gasteiger partial charge in [0.1, 0.15) is 0 Å². The molecule has 1 heteroatoms. The lowest BCUT2D eigenvalue weighted by Gasteiger charge is -1.93. The first kappa shape index (κ1) is 9.41. The highest BCUT2D eigenvalue weighted by molar-refractivity contribution is 5.96. The lowest BCUT2D eigenvalue weighted by Crippen LogP contribution is -1.91. The summed E-state index contributed by atoms with van der Waals surface area (Å²) in [5.74, 6) is 0.0315. The molecule has 0 heterocycles. The van der Waals surface area contributed by atoms with Crippen molar-refractivity contribution in [1.82, 2.24) is 0 Å². The maximum Gasteiger partial charge on any atom is 0.158 e. The maximum atomic E-state index is 10.6. The standard InChI is InChI=1S/C9H14O/c1-3-5-6-7-8-9(10)4-2/h4,8H,1-3,5-7H2. The van der Waals surface area contributed by atoms with Gasteiger partial charge in [0.05, 0.1) is 0 Å². The van der Waals surface area contributed by atoms with Crippen molar-refractivity contribution in [2.75, 3.05) is 0 Å². The fraction of sp³-hybridized carbons (Fsp3) is 0.444. The molecular formula is C9H14O. The zero-order valence-corrected chi connectivity index (χ0v) is 6.31. The Balaban J connectivity index is 3.03. The summed E-state index contributed by atoms with van der Waals surface area (Å²) in [5.41, 5.74) is 0. The first-order chi connectivity index (χ1) is 4.81. The number of unbranched alkanes of at least 4 members (excludes halogenated alkanes) is 3. The lowest BCUT2D eigenvalue weighted by atomic mass is 10.1. The van der Waals surface area contributed by atoms with E-state index < -0.39 is 0 Å². The van der Waals surface area contributed by atoms with Gasteiger partial charge in [0.25, 0.3) is 0 Å². The second-order valence-corrected chi connectivity index (χ2v) is 2.16. The molecule has 0 unspecified atom stereocenters. The maximum absolute atomic E-state index is 10.6. The molecule has 0 aliphatic carbocycles. The lowest BCUT2D eigenvalue weighted by molar-refractivity contribution is -0.111. The van der Waals surface area contributed by atoms with Crippen LogP contribution in [-0.2, 0) is 4.79 Å². The molecule has 0 saturated heterocycles. The smallest absolute Gasteiger partial charge is 0.158 e. The molecule has 0 aliphatic heterocycles. The topological polar surface area (TPSA) is 17.1 Å². The summed E-state index contributed by atoms with van der Waals surface area (Å²) in [6.07, 6.45) is 6.98. The van der Waals surface area contributed by atoms with E-state index in [1.807, 2.05) is 0 Å². The molecule has 0 aromatic rings. The summed E-state index contributed by atoms with van der Waals surface area (Å²) in [4.78, 5) is 10.6. The number of hydrogen-bond donors (Lipinski definition) is 0. The van der Waals surface area contributed by atoms with E-state index in [9.17, 15) is 4.79 Å². The minimum Gasteiger partial charge on any atom is -0.295 e. The Morgan fingerprint density at radius 2 is 2.10 bits per heavy atom. The molecule has 0 fully saturated rings. The van der Waals surface area contributed by atoms with Crippen LogP contribution in [0, 0.1) is 13.3 Å². The van der Waals surface area contributed by atoms with Gasteiger partial charge in [-0.15, -0.1) is 0 Å². The van der Waals surface area contributed by atoms with Gasteiger partial charge in [0.2, 0.25) is 0 Å². The molecule has 0 saturated carbocycles. The summed E-state index contributed by atoms with van der Waals surface area (Å²) in [6.45, 7) is 7.07. The average molecular weight is 138 g/mol. The van der Waals surface area contributed by atoms with Crippen LogP contribution >= 0.6 is 0 Å². The van der Waals surface area contributed by atoms with Crippen molar-refractivity contribution in [3.63, 3.8) is 0 Å². The van der Waals surface area contributed by atoms with Gasteiger partial charge >= 0.3 is 0 Å². The molecule has 0 spiro atoms. The Bertz CT molecular complexity index is 105. The van der Waals surface area contributed by atoms with Crippen LogP contribution in [0.15, 0.2) is 12.7 Å². The summed E-state index contributed by atoms with van der Waals surface area (Å²) in [6, 6.07) is 0. The number of allylic oxidation sites excluding steroid dienone is 1. The number of hydrogen-bond acceptors (Lipinski definition) is 1. The van der Waals surface area contributed by atoms with E-state index in [1.54, 1.807) is 6.42 Å². The minimum atomic E-state index is 0.0315. The van der Waals surface area contributed by atoms with Crippen LogP contribution < -0.4 is 0 Å². The van der Waals surface area contributed by atoms with Gasteiger partial charge in [-0.05, 0) is 12.5 Å². The molecular weight excluding hydrogens is 124 g/mol. The molecule has 0 rings (SSSR count). The van der Waals surface area contributed by atoms with Crippen LogP contribution in [0.2, 0.25) is 0 Å². The molecule has 2 radical (unpaired) electrons. The first-order valence-electron chi connectivity index (χ1n) is 3.60. The van der Waals surface area contributed by atoms with Gasteiger partial charge in [0.15, 0.2) is 5.78 Å². The molecule has 0 aromatic heterocycles. The summed E-state index contributed by atoms with van der Waals surface area (Å²) in [5, 5.41) is 0. The Hall–Kier alpha value is -0.590.